The van der Waals surface area contributed by atoms with Gasteiger partial charge in [0.1, 0.15) is 5.75 Å². The zero-order chi connectivity index (χ0) is 13.6. The Bertz CT molecular complexity index is 506. The fourth-order valence-corrected chi connectivity index (χ4v) is 4.42. The Morgan fingerprint density at radius 3 is 3.10 bits per heavy atom. The van der Waals surface area contributed by atoms with Crippen molar-refractivity contribution in [3.05, 3.63) is 18.5 Å². The maximum atomic E-state index is 5.57. The SMILES string of the molecule is CCOc1cncc(N2CC[C@]3(C[C@H]4CCN3C4)C2)c1. The summed E-state index contributed by atoms with van der Waals surface area (Å²) < 4.78 is 5.57. The molecule has 4 heterocycles. The van der Waals surface area contributed by atoms with Crippen molar-refractivity contribution in [2.45, 2.75) is 31.7 Å². The molecule has 3 saturated heterocycles. The quantitative estimate of drug-likeness (QED) is 0.844. The predicted molar refractivity (Wildman–Crippen MR) is 79.3 cm³/mol. The van der Waals surface area contributed by atoms with E-state index in [-0.39, 0.29) is 0 Å². The molecule has 4 rings (SSSR count). The van der Waals surface area contributed by atoms with Crippen LogP contribution < -0.4 is 9.64 Å². The highest BCUT2D eigenvalue weighted by Crippen LogP contribution is 2.46. The van der Waals surface area contributed by atoms with E-state index in [0.717, 1.165) is 18.2 Å². The van der Waals surface area contributed by atoms with Gasteiger partial charge in [-0.05, 0) is 38.6 Å². The average Bonchev–Trinajstić information content (AvgIpc) is 3.16. The van der Waals surface area contributed by atoms with Gasteiger partial charge >= 0.3 is 0 Å². The van der Waals surface area contributed by atoms with Crippen molar-refractivity contribution in [2.75, 3.05) is 37.7 Å². The van der Waals surface area contributed by atoms with E-state index in [0.29, 0.717) is 12.1 Å². The Morgan fingerprint density at radius 2 is 2.35 bits per heavy atom. The molecular weight excluding hydrogens is 250 g/mol. The highest BCUT2D eigenvalue weighted by Gasteiger charge is 2.52. The van der Waals surface area contributed by atoms with Gasteiger partial charge < -0.3 is 9.64 Å². The summed E-state index contributed by atoms with van der Waals surface area (Å²) in [5.74, 6) is 1.85. The lowest BCUT2D eigenvalue weighted by Gasteiger charge is -2.36. The van der Waals surface area contributed by atoms with E-state index in [4.69, 9.17) is 4.74 Å². The molecule has 2 bridgehead atoms. The van der Waals surface area contributed by atoms with Crippen LogP contribution in [0, 0.1) is 5.92 Å². The van der Waals surface area contributed by atoms with Gasteiger partial charge in [-0.1, -0.05) is 0 Å². The van der Waals surface area contributed by atoms with Crippen LogP contribution >= 0.6 is 0 Å². The zero-order valence-electron chi connectivity index (χ0n) is 12.2. The van der Waals surface area contributed by atoms with Crippen molar-refractivity contribution in [3.63, 3.8) is 0 Å². The molecule has 3 aliphatic rings. The molecule has 3 fully saturated rings. The number of hydrogen-bond donors (Lipinski definition) is 0. The Hall–Kier alpha value is -1.29. The van der Waals surface area contributed by atoms with Crippen LogP contribution in [0.1, 0.15) is 26.2 Å². The van der Waals surface area contributed by atoms with Gasteiger partial charge in [-0.3, -0.25) is 9.88 Å². The summed E-state index contributed by atoms with van der Waals surface area (Å²) in [4.78, 5) is 9.57. The van der Waals surface area contributed by atoms with Gasteiger partial charge in [0, 0.05) is 31.2 Å². The first-order valence-electron chi connectivity index (χ1n) is 7.87. The van der Waals surface area contributed by atoms with E-state index in [1.165, 1.54) is 44.6 Å². The summed E-state index contributed by atoms with van der Waals surface area (Å²) in [6.45, 7) is 7.69. The lowest BCUT2D eigenvalue weighted by molar-refractivity contribution is 0.155. The fourth-order valence-electron chi connectivity index (χ4n) is 4.42. The number of piperidine rings is 1. The maximum Gasteiger partial charge on any atom is 0.139 e. The van der Waals surface area contributed by atoms with Gasteiger partial charge in [0.2, 0.25) is 0 Å². The number of pyridine rings is 1. The summed E-state index contributed by atoms with van der Waals surface area (Å²) in [5, 5.41) is 0. The molecule has 4 nitrogen and oxygen atoms in total. The van der Waals surface area contributed by atoms with Crippen molar-refractivity contribution in [3.8, 4) is 5.75 Å². The molecule has 1 aromatic rings. The highest BCUT2D eigenvalue weighted by molar-refractivity contribution is 5.50. The van der Waals surface area contributed by atoms with Crippen molar-refractivity contribution >= 4 is 5.69 Å². The largest absolute Gasteiger partial charge is 0.492 e. The van der Waals surface area contributed by atoms with Crippen molar-refractivity contribution < 1.29 is 4.74 Å². The van der Waals surface area contributed by atoms with Gasteiger partial charge in [-0.25, -0.2) is 0 Å². The van der Waals surface area contributed by atoms with Gasteiger partial charge in [-0.2, -0.15) is 0 Å². The first-order chi connectivity index (χ1) is 9.79. The molecule has 1 unspecified atom stereocenters. The second kappa shape index (κ2) is 4.62. The summed E-state index contributed by atoms with van der Waals surface area (Å²) in [6.07, 6.45) is 7.91. The smallest absolute Gasteiger partial charge is 0.139 e. The Balaban J connectivity index is 1.52. The molecule has 4 heteroatoms. The molecule has 1 aromatic heterocycles. The predicted octanol–water partition coefficient (Wildman–Crippen LogP) is 2.15. The molecule has 1 spiro atoms. The first-order valence-corrected chi connectivity index (χ1v) is 7.87. The number of hydrogen-bond acceptors (Lipinski definition) is 4. The zero-order valence-corrected chi connectivity index (χ0v) is 12.2. The molecule has 0 amide bonds. The number of ether oxygens (including phenoxy) is 1. The normalized spacial score (nSPS) is 35.1. The average molecular weight is 273 g/mol. The highest BCUT2D eigenvalue weighted by atomic mass is 16.5. The van der Waals surface area contributed by atoms with Crippen LogP contribution in [0.5, 0.6) is 5.75 Å². The van der Waals surface area contributed by atoms with Gasteiger partial charge in [0.25, 0.3) is 0 Å². The topological polar surface area (TPSA) is 28.6 Å². The van der Waals surface area contributed by atoms with Crippen molar-refractivity contribution in [2.24, 2.45) is 5.92 Å². The van der Waals surface area contributed by atoms with Gasteiger partial charge in [0.05, 0.1) is 24.7 Å². The summed E-state index contributed by atoms with van der Waals surface area (Å²) >= 11 is 0. The van der Waals surface area contributed by atoms with E-state index in [1.807, 2.05) is 13.1 Å². The minimum Gasteiger partial charge on any atom is -0.492 e. The van der Waals surface area contributed by atoms with E-state index in [1.54, 1.807) is 6.20 Å². The third kappa shape index (κ3) is 1.89. The maximum absolute atomic E-state index is 5.57. The lowest BCUT2D eigenvalue weighted by atomic mass is 9.87. The Kier molecular flexibility index (Phi) is 2.88. The van der Waals surface area contributed by atoms with Crippen LogP contribution in [0.25, 0.3) is 0 Å². The monoisotopic (exact) mass is 273 g/mol. The molecule has 0 aliphatic carbocycles. The number of rotatable bonds is 3. The van der Waals surface area contributed by atoms with Crippen LogP contribution in [0.15, 0.2) is 18.5 Å². The third-order valence-electron chi connectivity index (χ3n) is 5.33. The Morgan fingerprint density at radius 1 is 1.40 bits per heavy atom. The molecule has 3 aliphatic heterocycles. The molecule has 0 N–H and O–H groups in total. The minimum atomic E-state index is 0.463. The third-order valence-corrected chi connectivity index (χ3v) is 5.33. The van der Waals surface area contributed by atoms with E-state index >= 15 is 0 Å². The lowest BCUT2D eigenvalue weighted by Crippen LogP contribution is -2.46. The van der Waals surface area contributed by atoms with Crippen LogP contribution in [-0.4, -0.2) is 48.2 Å². The Labute approximate surface area is 120 Å². The fraction of sp³-hybridized carbons (Fsp3) is 0.688. The molecule has 0 saturated carbocycles. The van der Waals surface area contributed by atoms with E-state index < -0.39 is 0 Å². The molecule has 0 aromatic carbocycles. The van der Waals surface area contributed by atoms with E-state index in [2.05, 4.69) is 20.9 Å². The van der Waals surface area contributed by atoms with Crippen LogP contribution in [0.4, 0.5) is 5.69 Å². The molecule has 108 valence electrons. The molecule has 0 radical (unpaired) electrons. The molecular formula is C16H23N3O. The van der Waals surface area contributed by atoms with Crippen LogP contribution in [-0.2, 0) is 0 Å². The summed E-state index contributed by atoms with van der Waals surface area (Å²) in [7, 11) is 0. The minimum absolute atomic E-state index is 0.463. The molecule has 20 heavy (non-hydrogen) atoms. The number of aromatic nitrogens is 1. The van der Waals surface area contributed by atoms with Crippen molar-refractivity contribution in [1.82, 2.24) is 9.88 Å². The van der Waals surface area contributed by atoms with Gasteiger partial charge in [0.15, 0.2) is 0 Å². The second-order valence-electron chi connectivity index (χ2n) is 6.51. The van der Waals surface area contributed by atoms with Crippen LogP contribution in [0.2, 0.25) is 0 Å². The standard InChI is InChI=1S/C16H23N3O/c1-2-20-15-7-14(9-17-10-15)18-6-4-16(12-18)8-13-3-5-19(16)11-13/h7,9-10,13H,2-6,8,11-12H2,1H3/t13-,16+/m1/s1. The number of anilines is 1. The van der Waals surface area contributed by atoms with Crippen molar-refractivity contribution in [1.29, 1.82) is 0 Å². The summed E-state index contributed by atoms with van der Waals surface area (Å²) in [5.41, 5.74) is 1.68. The number of nitrogens with zero attached hydrogens (tertiary/aromatic N) is 3. The second-order valence-corrected chi connectivity index (χ2v) is 6.51. The summed E-state index contributed by atoms with van der Waals surface area (Å²) in [6, 6.07) is 2.14. The molecule has 3 atom stereocenters. The number of fused-ring (bicyclic) bond motifs is 3. The first kappa shape index (κ1) is 12.5. The van der Waals surface area contributed by atoms with E-state index in [9.17, 15) is 0 Å². The van der Waals surface area contributed by atoms with Gasteiger partial charge in [-0.15, -0.1) is 0 Å². The van der Waals surface area contributed by atoms with Crippen LogP contribution in [0.3, 0.4) is 0 Å².